The van der Waals surface area contributed by atoms with Crippen molar-refractivity contribution in [2.24, 2.45) is 0 Å². The molecule has 2 heterocycles. The van der Waals surface area contributed by atoms with Gasteiger partial charge in [0, 0.05) is 24.2 Å². The Kier molecular flexibility index (Phi) is 5.31. The lowest BCUT2D eigenvalue weighted by Gasteiger charge is -2.20. The van der Waals surface area contributed by atoms with Gasteiger partial charge in [-0.1, -0.05) is 18.9 Å². The fourth-order valence-corrected chi connectivity index (χ4v) is 2.93. The highest BCUT2D eigenvalue weighted by atomic mass is 16.3. The third-order valence-electron chi connectivity index (χ3n) is 4.27. The minimum atomic E-state index is -0.211. The van der Waals surface area contributed by atoms with Gasteiger partial charge in [0.15, 0.2) is 0 Å². The summed E-state index contributed by atoms with van der Waals surface area (Å²) < 4.78 is 5.20. The Balaban J connectivity index is 1.66. The molecule has 0 saturated carbocycles. The summed E-state index contributed by atoms with van der Waals surface area (Å²) in [5.41, 5.74) is 1.06. The number of furan rings is 1. The van der Waals surface area contributed by atoms with Crippen molar-refractivity contribution < 1.29 is 14.0 Å². The highest BCUT2D eigenvalue weighted by Gasteiger charge is 2.18. The fraction of sp³-hybridized carbons (Fsp3) is 0.368. The van der Waals surface area contributed by atoms with Gasteiger partial charge in [0.2, 0.25) is 0 Å². The average molecular weight is 326 g/mol. The zero-order valence-electron chi connectivity index (χ0n) is 13.7. The minimum Gasteiger partial charge on any atom is -0.467 e. The Hall–Kier alpha value is -2.56. The zero-order chi connectivity index (χ0) is 16.8. The molecular formula is C19H22N2O3. The topological polar surface area (TPSA) is 62.6 Å². The van der Waals surface area contributed by atoms with Crippen LogP contribution in [0, 0.1) is 0 Å². The molecule has 5 heteroatoms. The number of rotatable bonds is 4. The summed E-state index contributed by atoms with van der Waals surface area (Å²) in [5.74, 6) is 0.495. The molecule has 1 aliphatic rings. The predicted molar refractivity (Wildman–Crippen MR) is 90.7 cm³/mol. The summed E-state index contributed by atoms with van der Waals surface area (Å²) in [4.78, 5) is 26.8. The van der Waals surface area contributed by atoms with E-state index in [4.69, 9.17) is 4.42 Å². The quantitative estimate of drug-likeness (QED) is 0.938. The van der Waals surface area contributed by atoms with E-state index in [1.54, 1.807) is 42.7 Å². The first-order valence-electron chi connectivity index (χ1n) is 8.44. The molecular weight excluding hydrogens is 304 g/mol. The Morgan fingerprint density at radius 1 is 1.00 bits per heavy atom. The monoisotopic (exact) mass is 326 g/mol. The molecule has 1 N–H and O–H groups in total. The van der Waals surface area contributed by atoms with Crippen molar-refractivity contribution in [3.8, 4) is 0 Å². The van der Waals surface area contributed by atoms with Crippen LogP contribution < -0.4 is 5.32 Å². The number of nitrogens with zero attached hydrogens (tertiary/aromatic N) is 1. The van der Waals surface area contributed by atoms with Crippen LogP contribution >= 0.6 is 0 Å². The van der Waals surface area contributed by atoms with Gasteiger partial charge in [-0.15, -0.1) is 0 Å². The van der Waals surface area contributed by atoms with Crippen molar-refractivity contribution >= 4 is 11.8 Å². The standard InChI is InChI=1S/C19H22N2O3/c22-18(20-14-17-9-6-12-24-17)15-7-5-8-16(13-15)19(23)21-10-3-1-2-4-11-21/h5-9,12-13H,1-4,10-11,14H2,(H,20,22). The Morgan fingerprint density at radius 2 is 1.75 bits per heavy atom. The van der Waals surface area contributed by atoms with Gasteiger partial charge in [0.25, 0.3) is 11.8 Å². The summed E-state index contributed by atoms with van der Waals surface area (Å²) in [6, 6.07) is 10.5. The van der Waals surface area contributed by atoms with Crippen LogP contribution in [0.5, 0.6) is 0 Å². The molecule has 2 aromatic rings. The molecule has 24 heavy (non-hydrogen) atoms. The largest absolute Gasteiger partial charge is 0.467 e. The van der Waals surface area contributed by atoms with Gasteiger partial charge >= 0.3 is 0 Å². The van der Waals surface area contributed by atoms with Gasteiger partial charge in [-0.2, -0.15) is 0 Å². The second-order valence-electron chi connectivity index (χ2n) is 6.05. The van der Waals surface area contributed by atoms with Gasteiger partial charge in [-0.05, 0) is 43.2 Å². The molecule has 1 fully saturated rings. The van der Waals surface area contributed by atoms with Crippen molar-refractivity contribution in [3.05, 3.63) is 59.5 Å². The van der Waals surface area contributed by atoms with E-state index in [0.29, 0.717) is 23.4 Å². The number of nitrogens with one attached hydrogen (secondary N) is 1. The lowest BCUT2D eigenvalue weighted by atomic mass is 10.1. The average Bonchev–Trinajstić information content (AvgIpc) is 2.99. The maximum atomic E-state index is 12.7. The van der Waals surface area contributed by atoms with Crippen molar-refractivity contribution in [2.75, 3.05) is 13.1 Å². The smallest absolute Gasteiger partial charge is 0.253 e. The molecule has 3 rings (SSSR count). The number of hydrogen-bond donors (Lipinski definition) is 1. The summed E-state index contributed by atoms with van der Waals surface area (Å²) in [5, 5.41) is 2.80. The minimum absolute atomic E-state index is 0.0117. The van der Waals surface area contributed by atoms with Crippen molar-refractivity contribution in [1.29, 1.82) is 0 Å². The van der Waals surface area contributed by atoms with E-state index in [0.717, 1.165) is 25.9 Å². The summed E-state index contributed by atoms with van der Waals surface area (Å²) >= 11 is 0. The maximum absolute atomic E-state index is 12.7. The first kappa shape index (κ1) is 16.3. The van der Waals surface area contributed by atoms with Crippen LogP contribution in [0.4, 0.5) is 0 Å². The normalized spacial score (nSPS) is 14.9. The lowest BCUT2D eigenvalue weighted by Crippen LogP contribution is -2.32. The van der Waals surface area contributed by atoms with Gasteiger partial charge < -0.3 is 14.6 Å². The Morgan fingerprint density at radius 3 is 2.46 bits per heavy atom. The van der Waals surface area contributed by atoms with Crippen molar-refractivity contribution in [2.45, 2.75) is 32.2 Å². The number of carbonyl (C=O) groups excluding carboxylic acids is 2. The molecule has 1 aromatic heterocycles. The van der Waals surface area contributed by atoms with Crippen LogP contribution in [0.2, 0.25) is 0 Å². The molecule has 1 aromatic carbocycles. The van der Waals surface area contributed by atoms with Crippen LogP contribution in [0.25, 0.3) is 0 Å². The van der Waals surface area contributed by atoms with E-state index in [1.807, 2.05) is 4.90 Å². The number of benzene rings is 1. The zero-order valence-corrected chi connectivity index (χ0v) is 13.7. The van der Waals surface area contributed by atoms with Crippen molar-refractivity contribution in [3.63, 3.8) is 0 Å². The SMILES string of the molecule is O=C(NCc1ccco1)c1cccc(C(=O)N2CCCCCC2)c1. The van der Waals surface area contributed by atoms with Crippen LogP contribution in [0.15, 0.2) is 47.1 Å². The molecule has 0 atom stereocenters. The molecule has 1 saturated heterocycles. The van der Waals surface area contributed by atoms with Crippen LogP contribution in [0.3, 0.4) is 0 Å². The Bertz CT molecular complexity index is 686. The van der Waals surface area contributed by atoms with E-state index in [-0.39, 0.29) is 11.8 Å². The number of hydrogen-bond acceptors (Lipinski definition) is 3. The summed E-state index contributed by atoms with van der Waals surface area (Å²) in [6.45, 7) is 1.93. The summed E-state index contributed by atoms with van der Waals surface area (Å²) in [6.07, 6.45) is 6.03. The lowest BCUT2D eigenvalue weighted by molar-refractivity contribution is 0.0761. The van der Waals surface area contributed by atoms with Crippen LogP contribution in [-0.4, -0.2) is 29.8 Å². The van der Waals surface area contributed by atoms with Crippen LogP contribution in [0.1, 0.15) is 52.2 Å². The van der Waals surface area contributed by atoms with E-state index >= 15 is 0 Å². The predicted octanol–water partition coefficient (Wildman–Crippen LogP) is 3.23. The molecule has 2 amide bonds. The first-order chi connectivity index (χ1) is 11.7. The molecule has 5 nitrogen and oxygen atoms in total. The van der Waals surface area contributed by atoms with Crippen LogP contribution in [-0.2, 0) is 6.54 Å². The van der Waals surface area contributed by atoms with Gasteiger partial charge in [0.1, 0.15) is 5.76 Å². The third-order valence-corrected chi connectivity index (χ3v) is 4.27. The summed E-state index contributed by atoms with van der Waals surface area (Å²) in [7, 11) is 0. The highest BCUT2D eigenvalue weighted by Crippen LogP contribution is 2.14. The maximum Gasteiger partial charge on any atom is 0.253 e. The van der Waals surface area contributed by atoms with E-state index in [1.165, 1.54) is 12.8 Å². The fourth-order valence-electron chi connectivity index (χ4n) is 2.93. The van der Waals surface area contributed by atoms with Gasteiger partial charge in [-0.25, -0.2) is 0 Å². The van der Waals surface area contributed by atoms with E-state index in [2.05, 4.69) is 5.32 Å². The molecule has 0 bridgehead atoms. The Labute approximate surface area is 141 Å². The molecule has 126 valence electrons. The third kappa shape index (κ3) is 4.04. The molecule has 0 radical (unpaired) electrons. The van der Waals surface area contributed by atoms with Crippen molar-refractivity contribution in [1.82, 2.24) is 10.2 Å². The molecule has 0 spiro atoms. The molecule has 0 unspecified atom stereocenters. The first-order valence-corrected chi connectivity index (χ1v) is 8.44. The van der Waals surface area contributed by atoms with E-state index in [9.17, 15) is 9.59 Å². The number of amides is 2. The van der Waals surface area contributed by atoms with Gasteiger partial charge in [0.05, 0.1) is 12.8 Å². The second-order valence-corrected chi connectivity index (χ2v) is 6.05. The second kappa shape index (κ2) is 7.81. The molecule has 0 aliphatic carbocycles. The number of carbonyl (C=O) groups is 2. The highest BCUT2D eigenvalue weighted by molar-refractivity contribution is 5.99. The van der Waals surface area contributed by atoms with E-state index < -0.39 is 0 Å². The van der Waals surface area contributed by atoms with Gasteiger partial charge in [-0.3, -0.25) is 9.59 Å². The molecule has 1 aliphatic heterocycles. The number of likely N-dealkylation sites (tertiary alicyclic amines) is 1.